The maximum atomic E-state index is 13.3. The van der Waals surface area contributed by atoms with Gasteiger partial charge in [-0.2, -0.15) is 5.26 Å². The molecule has 32 heavy (non-hydrogen) atoms. The number of hydrogen-bond donors (Lipinski definition) is 1. The molecule has 0 aliphatic heterocycles. The number of benzene rings is 1. The van der Waals surface area contributed by atoms with E-state index in [0.717, 1.165) is 36.1 Å². The number of carbonyl (C=O) groups excluding carboxylic acids is 1. The SMILES string of the molecule is N#Cc1c(NC(=O)Cn2cnc3scc(-c4ccc(F)cc4)c3c2=O)sc2c1CCCC2. The molecule has 3 aromatic heterocycles. The third kappa shape index (κ3) is 3.61. The van der Waals surface area contributed by atoms with E-state index in [1.807, 2.05) is 5.38 Å². The van der Waals surface area contributed by atoms with E-state index in [9.17, 15) is 19.2 Å². The van der Waals surface area contributed by atoms with E-state index in [1.54, 1.807) is 12.1 Å². The van der Waals surface area contributed by atoms with Crippen molar-refractivity contribution < 1.29 is 9.18 Å². The van der Waals surface area contributed by atoms with Crippen LogP contribution in [0.2, 0.25) is 0 Å². The van der Waals surface area contributed by atoms with Crippen LogP contribution in [-0.4, -0.2) is 15.5 Å². The Balaban J connectivity index is 1.44. The average molecular weight is 465 g/mol. The van der Waals surface area contributed by atoms with Crippen LogP contribution in [0.15, 0.2) is 40.8 Å². The van der Waals surface area contributed by atoms with E-state index in [2.05, 4.69) is 16.4 Å². The second kappa shape index (κ2) is 8.30. The summed E-state index contributed by atoms with van der Waals surface area (Å²) in [5.41, 5.74) is 2.62. The van der Waals surface area contributed by atoms with Crippen molar-refractivity contribution in [3.8, 4) is 17.2 Å². The molecule has 4 aromatic rings. The molecule has 0 radical (unpaired) electrons. The molecule has 0 unspecified atom stereocenters. The molecule has 1 aromatic carbocycles. The van der Waals surface area contributed by atoms with Crippen LogP contribution in [0.5, 0.6) is 0 Å². The Morgan fingerprint density at radius 2 is 2.03 bits per heavy atom. The second-order valence-electron chi connectivity index (χ2n) is 7.59. The van der Waals surface area contributed by atoms with Crippen LogP contribution in [0.1, 0.15) is 28.8 Å². The summed E-state index contributed by atoms with van der Waals surface area (Å²) < 4.78 is 14.6. The van der Waals surface area contributed by atoms with E-state index in [4.69, 9.17) is 0 Å². The molecule has 1 aliphatic rings. The maximum Gasteiger partial charge on any atom is 0.263 e. The first-order chi connectivity index (χ1) is 15.5. The molecule has 160 valence electrons. The Hall–Kier alpha value is -3.35. The summed E-state index contributed by atoms with van der Waals surface area (Å²) in [5.74, 6) is -0.741. The van der Waals surface area contributed by atoms with Crippen LogP contribution in [-0.2, 0) is 24.2 Å². The summed E-state index contributed by atoms with van der Waals surface area (Å²) in [6, 6.07) is 8.13. The second-order valence-corrected chi connectivity index (χ2v) is 9.55. The van der Waals surface area contributed by atoms with Crippen molar-refractivity contribution in [3.05, 3.63) is 68.1 Å². The zero-order valence-corrected chi connectivity index (χ0v) is 18.5. The average Bonchev–Trinajstić information content (AvgIpc) is 3.37. The van der Waals surface area contributed by atoms with Crippen molar-refractivity contribution in [2.75, 3.05) is 5.32 Å². The number of rotatable bonds is 4. The highest BCUT2D eigenvalue weighted by atomic mass is 32.1. The van der Waals surface area contributed by atoms with Crippen LogP contribution in [0, 0.1) is 17.1 Å². The zero-order chi connectivity index (χ0) is 22.2. The lowest BCUT2D eigenvalue weighted by atomic mass is 9.96. The number of nitriles is 1. The highest BCUT2D eigenvalue weighted by Crippen LogP contribution is 2.37. The van der Waals surface area contributed by atoms with Gasteiger partial charge in [0.05, 0.1) is 17.3 Å². The summed E-state index contributed by atoms with van der Waals surface area (Å²) in [7, 11) is 0. The first-order valence-corrected chi connectivity index (χ1v) is 11.8. The predicted molar refractivity (Wildman–Crippen MR) is 124 cm³/mol. The Kier molecular flexibility index (Phi) is 5.33. The van der Waals surface area contributed by atoms with Gasteiger partial charge in [-0.05, 0) is 48.9 Å². The lowest BCUT2D eigenvalue weighted by Gasteiger charge is -2.09. The van der Waals surface area contributed by atoms with Crippen molar-refractivity contribution >= 4 is 43.8 Å². The van der Waals surface area contributed by atoms with Crippen molar-refractivity contribution in [2.24, 2.45) is 0 Å². The monoisotopic (exact) mass is 464 g/mol. The molecule has 0 fully saturated rings. The first kappa shape index (κ1) is 20.5. The van der Waals surface area contributed by atoms with Gasteiger partial charge in [0.15, 0.2) is 0 Å². The summed E-state index contributed by atoms with van der Waals surface area (Å²) in [6.07, 6.45) is 5.28. The highest BCUT2D eigenvalue weighted by molar-refractivity contribution is 7.17. The van der Waals surface area contributed by atoms with Gasteiger partial charge in [0, 0.05) is 15.8 Å². The lowest BCUT2D eigenvalue weighted by molar-refractivity contribution is -0.116. The number of fused-ring (bicyclic) bond motifs is 2. The molecule has 0 saturated carbocycles. The molecule has 1 amide bonds. The molecule has 1 aliphatic carbocycles. The van der Waals surface area contributed by atoms with Gasteiger partial charge in [-0.25, -0.2) is 9.37 Å². The number of nitrogens with zero attached hydrogens (tertiary/aromatic N) is 3. The van der Waals surface area contributed by atoms with Crippen molar-refractivity contribution in [2.45, 2.75) is 32.2 Å². The summed E-state index contributed by atoms with van der Waals surface area (Å²) in [4.78, 5) is 31.9. The third-order valence-electron chi connectivity index (χ3n) is 5.57. The Morgan fingerprint density at radius 3 is 2.81 bits per heavy atom. The van der Waals surface area contributed by atoms with Gasteiger partial charge in [-0.3, -0.25) is 14.2 Å². The van der Waals surface area contributed by atoms with Crippen molar-refractivity contribution in [1.82, 2.24) is 9.55 Å². The number of nitrogens with one attached hydrogen (secondary N) is 1. The van der Waals surface area contributed by atoms with Gasteiger partial charge in [0.25, 0.3) is 5.56 Å². The number of hydrogen-bond acceptors (Lipinski definition) is 6. The molecule has 6 nitrogen and oxygen atoms in total. The first-order valence-electron chi connectivity index (χ1n) is 10.1. The molecule has 0 spiro atoms. The van der Waals surface area contributed by atoms with Gasteiger partial charge in [0.2, 0.25) is 5.91 Å². The van der Waals surface area contributed by atoms with Crippen molar-refractivity contribution in [3.63, 3.8) is 0 Å². The van der Waals surface area contributed by atoms with E-state index >= 15 is 0 Å². The van der Waals surface area contributed by atoms with Crippen LogP contribution in [0.25, 0.3) is 21.3 Å². The topological polar surface area (TPSA) is 87.8 Å². The van der Waals surface area contributed by atoms with E-state index in [1.165, 1.54) is 45.7 Å². The van der Waals surface area contributed by atoms with Crippen LogP contribution in [0.4, 0.5) is 9.39 Å². The molecule has 0 saturated heterocycles. The minimum Gasteiger partial charge on any atom is -0.315 e. The van der Waals surface area contributed by atoms with E-state index in [-0.39, 0.29) is 23.8 Å². The van der Waals surface area contributed by atoms with Crippen LogP contribution < -0.4 is 10.9 Å². The van der Waals surface area contributed by atoms with Gasteiger partial charge >= 0.3 is 0 Å². The summed E-state index contributed by atoms with van der Waals surface area (Å²) >= 11 is 2.77. The minimum atomic E-state index is -0.387. The number of thiophene rings is 2. The Labute approximate surface area is 190 Å². The van der Waals surface area contributed by atoms with Crippen LogP contribution >= 0.6 is 22.7 Å². The van der Waals surface area contributed by atoms with Gasteiger partial charge in [-0.15, -0.1) is 22.7 Å². The molecule has 5 rings (SSSR count). The molecule has 9 heteroatoms. The molecular formula is C23H17FN4O2S2. The largest absolute Gasteiger partial charge is 0.315 e. The fraction of sp³-hybridized carbons (Fsp3) is 0.217. The number of amides is 1. The normalized spacial score (nSPS) is 13.0. The fourth-order valence-corrected chi connectivity index (χ4v) is 6.18. The number of anilines is 1. The predicted octanol–water partition coefficient (Wildman–Crippen LogP) is 4.71. The number of carbonyl (C=O) groups is 1. The summed E-state index contributed by atoms with van der Waals surface area (Å²) in [5, 5.41) is 15.2. The maximum absolute atomic E-state index is 13.3. The number of aryl methyl sites for hydroxylation is 1. The lowest BCUT2D eigenvalue weighted by Crippen LogP contribution is -2.27. The Bertz CT molecular complexity index is 1440. The smallest absolute Gasteiger partial charge is 0.263 e. The third-order valence-corrected chi connectivity index (χ3v) is 7.66. The van der Waals surface area contributed by atoms with Gasteiger partial charge < -0.3 is 5.32 Å². The summed E-state index contributed by atoms with van der Waals surface area (Å²) in [6.45, 7) is -0.214. The molecule has 0 bridgehead atoms. The number of halogens is 1. The molecule has 0 atom stereocenters. The fourth-order valence-electron chi connectivity index (χ4n) is 4.02. The standard InChI is InChI=1S/C23H17FN4O2S2/c24-14-7-5-13(6-8-14)17-11-31-22-20(17)23(30)28(12-26-22)10-19(29)27-21-16(9-25)15-3-1-2-4-18(15)32-21/h5-8,11-12H,1-4,10H2,(H,27,29). The van der Waals surface area contributed by atoms with Gasteiger partial charge in [0.1, 0.15) is 28.3 Å². The van der Waals surface area contributed by atoms with E-state index in [0.29, 0.717) is 31.9 Å². The highest BCUT2D eigenvalue weighted by Gasteiger charge is 2.22. The molecule has 3 heterocycles. The Morgan fingerprint density at radius 1 is 1.25 bits per heavy atom. The number of aromatic nitrogens is 2. The quantitative estimate of drug-likeness (QED) is 0.474. The minimum absolute atomic E-state index is 0.214. The van der Waals surface area contributed by atoms with E-state index < -0.39 is 0 Å². The van der Waals surface area contributed by atoms with Crippen molar-refractivity contribution in [1.29, 1.82) is 5.26 Å². The molecule has 1 N–H and O–H groups in total. The zero-order valence-electron chi connectivity index (χ0n) is 16.9. The van der Waals surface area contributed by atoms with Crippen LogP contribution in [0.3, 0.4) is 0 Å². The molecular weight excluding hydrogens is 447 g/mol. The van der Waals surface area contributed by atoms with Gasteiger partial charge in [-0.1, -0.05) is 12.1 Å².